The number of amides is 1. The van der Waals surface area contributed by atoms with Crippen LogP contribution in [0.5, 0.6) is 0 Å². The number of hydrogen-bond acceptors (Lipinski definition) is 8. The summed E-state index contributed by atoms with van der Waals surface area (Å²) in [4.78, 5) is 10.5. The summed E-state index contributed by atoms with van der Waals surface area (Å²) in [5.41, 5.74) is 4.75. The number of ether oxygens (including phenoxy) is 3. The van der Waals surface area contributed by atoms with Gasteiger partial charge in [0, 0.05) is 0 Å². The zero-order valence-corrected chi connectivity index (χ0v) is 10.7. The van der Waals surface area contributed by atoms with E-state index in [-0.39, 0.29) is 6.61 Å². The Balaban J connectivity index is 2.68. The number of rotatable bonds is 6. The molecule has 1 heterocycles. The van der Waals surface area contributed by atoms with Crippen LogP contribution in [-0.4, -0.2) is 76.5 Å². The van der Waals surface area contributed by atoms with Gasteiger partial charge in [0.1, 0.15) is 37.1 Å². The Morgan fingerprint density at radius 2 is 2.00 bits per heavy atom. The summed E-state index contributed by atoms with van der Waals surface area (Å²) in [7, 11) is 0. The van der Waals surface area contributed by atoms with Crippen LogP contribution in [0.1, 0.15) is 0 Å². The Morgan fingerprint density at radius 1 is 1.35 bits per heavy atom. The van der Waals surface area contributed by atoms with Crippen molar-refractivity contribution in [1.29, 1.82) is 0 Å². The minimum absolute atomic E-state index is 0.0329. The monoisotopic (exact) mass is 293 g/mol. The van der Waals surface area contributed by atoms with Crippen molar-refractivity contribution in [2.45, 2.75) is 36.8 Å². The molecule has 9 nitrogen and oxygen atoms in total. The van der Waals surface area contributed by atoms with Gasteiger partial charge in [-0.05, 0) is 0 Å². The maximum atomic E-state index is 10.5. The standard InChI is InChI=1S/C11H19NO8/c1-2-3-18-10-8(16)6(14)7(15)9(20-10)5(13)4-19-11(12)17/h2,5-10,13-16H,1,3-4H2,(H2,12,17)/t5-,6-,7-,8-,9+,10-/m0/s1. The van der Waals surface area contributed by atoms with Crippen LogP contribution in [0.3, 0.4) is 0 Å². The molecule has 0 saturated carbocycles. The van der Waals surface area contributed by atoms with Gasteiger partial charge in [0.25, 0.3) is 0 Å². The van der Waals surface area contributed by atoms with Gasteiger partial charge in [-0.3, -0.25) is 0 Å². The molecule has 1 fully saturated rings. The van der Waals surface area contributed by atoms with E-state index in [1.54, 1.807) is 0 Å². The van der Waals surface area contributed by atoms with Crippen molar-refractivity contribution in [3.05, 3.63) is 12.7 Å². The summed E-state index contributed by atoms with van der Waals surface area (Å²) in [5, 5.41) is 38.9. The third-order valence-corrected chi connectivity index (χ3v) is 2.76. The van der Waals surface area contributed by atoms with Crippen molar-refractivity contribution >= 4 is 6.09 Å². The van der Waals surface area contributed by atoms with Crippen molar-refractivity contribution in [3.8, 4) is 0 Å². The molecule has 0 aliphatic carbocycles. The van der Waals surface area contributed by atoms with E-state index in [9.17, 15) is 25.2 Å². The molecular formula is C11H19NO8. The van der Waals surface area contributed by atoms with E-state index in [1.807, 2.05) is 0 Å². The second kappa shape index (κ2) is 7.53. The first kappa shape index (κ1) is 16.8. The SMILES string of the molecule is C=CCO[C@H]1O[C@H]([C@@H](O)COC(N)=O)[C@@H](O)[C@H](O)[C@@H]1O. The fourth-order valence-electron chi connectivity index (χ4n) is 1.75. The van der Waals surface area contributed by atoms with Gasteiger partial charge in [-0.15, -0.1) is 6.58 Å². The molecule has 20 heavy (non-hydrogen) atoms. The summed E-state index contributed by atoms with van der Waals surface area (Å²) in [6, 6.07) is 0. The number of primary amides is 1. The lowest BCUT2D eigenvalue weighted by Crippen LogP contribution is -2.61. The van der Waals surface area contributed by atoms with E-state index in [2.05, 4.69) is 11.3 Å². The average Bonchev–Trinajstić information content (AvgIpc) is 2.41. The van der Waals surface area contributed by atoms with Crippen LogP contribution in [0, 0.1) is 0 Å². The van der Waals surface area contributed by atoms with Gasteiger partial charge in [-0.2, -0.15) is 0 Å². The Labute approximate surface area is 115 Å². The largest absolute Gasteiger partial charge is 0.447 e. The maximum absolute atomic E-state index is 10.5. The number of aliphatic hydroxyl groups is 4. The van der Waals surface area contributed by atoms with Crippen molar-refractivity contribution in [2.75, 3.05) is 13.2 Å². The minimum atomic E-state index is -1.59. The minimum Gasteiger partial charge on any atom is -0.447 e. The molecule has 1 amide bonds. The first-order chi connectivity index (χ1) is 9.38. The van der Waals surface area contributed by atoms with E-state index in [4.69, 9.17) is 15.2 Å². The van der Waals surface area contributed by atoms with Gasteiger partial charge in [-0.1, -0.05) is 6.08 Å². The van der Waals surface area contributed by atoms with E-state index >= 15 is 0 Å². The van der Waals surface area contributed by atoms with Crippen LogP contribution < -0.4 is 5.73 Å². The van der Waals surface area contributed by atoms with E-state index < -0.39 is 49.5 Å². The first-order valence-corrected chi connectivity index (χ1v) is 5.91. The normalized spacial score (nSPS) is 35.3. The van der Waals surface area contributed by atoms with Gasteiger partial charge >= 0.3 is 6.09 Å². The van der Waals surface area contributed by atoms with E-state index in [0.29, 0.717) is 0 Å². The fraction of sp³-hybridized carbons (Fsp3) is 0.727. The number of nitrogens with two attached hydrogens (primary N) is 1. The van der Waals surface area contributed by atoms with E-state index in [1.165, 1.54) is 6.08 Å². The Hall–Kier alpha value is -1.23. The van der Waals surface area contributed by atoms with E-state index in [0.717, 1.165) is 0 Å². The zero-order chi connectivity index (χ0) is 15.3. The number of aliphatic hydroxyl groups excluding tert-OH is 4. The lowest BCUT2D eigenvalue weighted by atomic mass is 9.95. The molecule has 0 aromatic heterocycles. The second-order valence-corrected chi connectivity index (χ2v) is 4.26. The zero-order valence-electron chi connectivity index (χ0n) is 10.7. The molecule has 1 saturated heterocycles. The third-order valence-electron chi connectivity index (χ3n) is 2.76. The number of hydrogen-bond donors (Lipinski definition) is 5. The molecule has 0 unspecified atom stereocenters. The molecular weight excluding hydrogens is 274 g/mol. The van der Waals surface area contributed by atoms with Crippen molar-refractivity contribution < 1.29 is 39.4 Å². The van der Waals surface area contributed by atoms with Crippen LogP contribution in [0.4, 0.5) is 4.79 Å². The molecule has 9 heteroatoms. The van der Waals surface area contributed by atoms with Crippen LogP contribution in [0.15, 0.2) is 12.7 Å². The predicted molar refractivity (Wildman–Crippen MR) is 64.4 cm³/mol. The molecule has 0 aromatic rings. The molecule has 116 valence electrons. The molecule has 0 spiro atoms. The Bertz CT molecular complexity index is 338. The topological polar surface area (TPSA) is 152 Å². The molecule has 1 aliphatic rings. The smallest absolute Gasteiger partial charge is 0.404 e. The van der Waals surface area contributed by atoms with Gasteiger partial charge in [-0.25, -0.2) is 4.79 Å². The van der Waals surface area contributed by atoms with Crippen LogP contribution >= 0.6 is 0 Å². The summed E-state index contributed by atoms with van der Waals surface area (Å²) in [6.07, 6.45) is -8.40. The average molecular weight is 293 g/mol. The molecule has 1 rings (SSSR count). The predicted octanol–water partition coefficient (Wildman–Crippen LogP) is -2.55. The highest BCUT2D eigenvalue weighted by molar-refractivity contribution is 5.64. The van der Waals surface area contributed by atoms with Gasteiger partial charge in [0.15, 0.2) is 6.29 Å². The molecule has 0 radical (unpaired) electrons. The van der Waals surface area contributed by atoms with Crippen LogP contribution in [0.25, 0.3) is 0 Å². The van der Waals surface area contributed by atoms with Crippen LogP contribution in [-0.2, 0) is 14.2 Å². The maximum Gasteiger partial charge on any atom is 0.404 e. The summed E-state index contributed by atoms with van der Waals surface area (Å²) in [6.45, 7) is 2.91. The molecule has 6 atom stereocenters. The van der Waals surface area contributed by atoms with Crippen molar-refractivity contribution in [3.63, 3.8) is 0 Å². The highest BCUT2D eigenvalue weighted by Crippen LogP contribution is 2.24. The second-order valence-electron chi connectivity index (χ2n) is 4.26. The lowest BCUT2D eigenvalue weighted by molar-refractivity contribution is -0.309. The summed E-state index contributed by atoms with van der Waals surface area (Å²) < 4.78 is 14.6. The quantitative estimate of drug-likeness (QED) is 0.336. The lowest BCUT2D eigenvalue weighted by Gasteiger charge is -2.41. The third kappa shape index (κ3) is 4.13. The van der Waals surface area contributed by atoms with Gasteiger partial charge < -0.3 is 40.4 Å². The highest BCUT2D eigenvalue weighted by Gasteiger charge is 2.47. The summed E-state index contributed by atoms with van der Waals surface area (Å²) >= 11 is 0. The molecule has 1 aliphatic heterocycles. The first-order valence-electron chi connectivity index (χ1n) is 5.91. The van der Waals surface area contributed by atoms with Crippen LogP contribution in [0.2, 0.25) is 0 Å². The van der Waals surface area contributed by atoms with Gasteiger partial charge in [0.2, 0.25) is 0 Å². The number of carbonyl (C=O) groups excluding carboxylic acids is 1. The Morgan fingerprint density at radius 3 is 2.55 bits per heavy atom. The summed E-state index contributed by atoms with van der Waals surface area (Å²) in [5.74, 6) is 0. The molecule has 6 N–H and O–H groups in total. The van der Waals surface area contributed by atoms with Crippen molar-refractivity contribution in [1.82, 2.24) is 0 Å². The number of carbonyl (C=O) groups is 1. The molecule has 0 aromatic carbocycles. The fourth-order valence-corrected chi connectivity index (χ4v) is 1.75. The Kier molecular flexibility index (Phi) is 6.33. The highest BCUT2D eigenvalue weighted by atomic mass is 16.7. The molecule has 0 bridgehead atoms. The van der Waals surface area contributed by atoms with Gasteiger partial charge in [0.05, 0.1) is 6.61 Å². The van der Waals surface area contributed by atoms with Crippen molar-refractivity contribution in [2.24, 2.45) is 5.73 Å².